The van der Waals surface area contributed by atoms with Crippen molar-refractivity contribution in [3.05, 3.63) is 59.9 Å². The van der Waals surface area contributed by atoms with E-state index in [2.05, 4.69) is 10.6 Å². The molecule has 0 aliphatic heterocycles. The number of rotatable bonds is 5. The molecule has 2 N–H and O–H groups in total. The van der Waals surface area contributed by atoms with E-state index in [-0.39, 0.29) is 17.5 Å². The van der Waals surface area contributed by atoms with Gasteiger partial charge in [0, 0.05) is 19.0 Å². The van der Waals surface area contributed by atoms with E-state index in [0.717, 1.165) is 5.56 Å². The van der Waals surface area contributed by atoms with E-state index in [1.54, 1.807) is 0 Å². The molecule has 22 heavy (non-hydrogen) atoms. The summed E-state index contributed by atoms with van der Waals surface area (Å²) in [6.45, 7) is 1.30. The highest BCUT2D eigenvalue weighted by molar-refractivity contribution is 5.93. The largest absolute Gasteiger partial charge is 0.326 e. The topological polar surface area (TPSA) is 58.2 Å². The summed E-state index contributed by atoms with van der Waals surface area (Å²) in [5, 5.41) is 5.08. The maximum Gasteiger partial charge on any atom is 0.224 e. The van der Waals surface area contributed by atoms with Crippen molar-refractivity contribution < 1.29 is 14.0 Å². The molecule has 0 aliphatic carbocycles. The van der Waals surface area contributed by atoms with E-state index in [1.165, 1.54) is 25.1 Å². The average molecular weight is 300 g/mol. The van der Waals surface area contributed by atoms with Crippen molar-refractivity contribution in [1.29, 1.82) is 0 Å². The molecule has 114 valence electrons. The van der Waals surface area contributed by atoms with Crippen LogP contribution in [0, 0.1) is 5.82 Å². The lowest BCUT2D eigenvalue weighted by molar-refractivity contribution is -0.116. The van der Waals surface area contributed by atoms with Crippen LogP contribution in [0.3, 0.4) is 0 Å². The molecule has 4 nitrogen and oxygen atoms in total. The first-order valence-electron chi connectivity index (χ1n) is 6.95. The van der Waals surface area contributed by atoms with Gasteiger partial charge in [-0.25, -0.2) is 4.39 Å². The van der Waals surface area contributed by atoms with Gasteiger partial charge in [0.15, 0.2) is 0 Å². The summed E-state index contributed by atoms with van der Waals surface area (Å²) in [7, 11) is 0. The second kappa shape index (κ2) is 7.36. The lowest BCUT2D eigenvalue weighted by atomic mass is 10.1. The fraction of sp³-hybridized carbons (Fsp3) is 0.176. The Bertz CT molecular complexity index is 672. The number of aryl methyl sites for hydroxylation is 1. The van der Waals surface area contributed by atoms with Crippen LogP contribution in [0.15, 0.2) is 48.5 Å². The number of carbonyl (C=O) groups is 2. The third-order valence-corrected chi connectivity index (χ3v) is 3.04. The molecule has 5 heteroatoms. The maximum absolute atomic E-state index is 13.5. The summed E-state index contributed by atoms with van der Waals surface area (Å²) in [4.78, 5) is 22.9. The molecule has 2 amide bonds. The molecule has 0 radical (unpaired) electrons. The second-order valence-electron chi connectivity index (χ2n) is 4.91. The molecule has 2 aromatic rings. The smallest absolute Gasteiger partial charge is 0.224 e. The first-order chi connectivity index (χ1) is 10.5. The number of carbonyl (C=O) groups excluding carboxylic acids is 2. The zero-order valence-electron chi connectivity index (χ0n) is 12.2. The lowest BCUT2D eigenvalue weighted by Gasteiger charge is -2.09. The molecule has 0 aliphatic rings. The van der Waals surface area contributed by atoms with Crippen molar-refractivity contribution >= 4 is 23.2 Å². The van der Waals surface area contributed by atoms with Crippen molar-refractivity contribution in [1.82, 2.24) is 0 Å². The van der Waals surface area contributed by atoms with Gasteiger partial charge in [0.2, 0.25) is 11.8 Å². The standard InChI is InChI=1S/C17H17FN2O2/c1-12(21)19-16-11-14(8-9-15(16)18)20-17(22)10-7-13-5-3-2-4-6-13/h2-6,8-9,11H,7,10H2,1H3,(H,19,21)(H,20,22). The Morgan fingerprint density at radius 1 is 1.05 bits per heavy atom. The van der Waals surface area contributed by atoms with Crippen LogP contribution in [0.4, 0.5) is 15.8 Å². The van der Waals surface area contributed by atoms with Gasteiger partial charge in [-0.2, -0.15) is 0 Å². The van der Waals surface area contributed by atoms with Crippen LogP contribution in [0.2, 0.25) is 0 Å². The van der Waals surface area contributed by atoms with Crippen molar-refractivity contribution in [3.8, 4) is 0 Å². The summed E-state index contributed by atoms with van der Waals surface area (Å²) in [6, 6.07) is 13.8. The number of halogens is 1. The quantitative estimate of drug-likeness (QED) is 0.889. The monoisotopic (exact) mass is 300 g/mol. The number of benzene rings is 2. The van der Waals surface area contributed by atoms with Crippen LogP contribution in [0.25, 0.3) is 0 Å². The molecular weight excluding hydrogens is 283 g/mol. The molecule has 2 rings (SSSR count). The fourth-order valence-corrected chi connectivity index (χ4v) is 2.01. The van der Waals surface area contributed by atoms with Crippen LogP contribution in [-0.4, -0.2) is 11.8 Å². The Morgan fingerprint density at radius 3 is 2.45 bits per heavy atom. The van der Waals surface area contributed by atoms with Gasteiger partial charge in [-0.05, 0) is 30.2 Å². The van der Waals surface area contributed by atoms with Crippen molar-refractivity contribution in [2.75, 3.05) is 10.6 Å². The Morgan fingerprint density at radius 2 is 1.77 bits per heavy atom. The molecule has 0 unspecified atom stereocenters. The van der Waals surface area contributed by atoms with E-state index in [9.17, 15) is 14.0 Å². The third kappa shape index (κ3) is 4.70. The van der Waals surface area contributed by atoms with Gasteiger partial charge in [-0.1, -0.05) is 30.3 Å². The van der Waals surface area contributed by atoms with Crippen molar-refractivity contribution in [2.45, 2.75) is 19.8 Å². The zero-order valence-corrected chi connectivity index (χ0v) is 12.2. The second-order valence-corrected chi connectivity index (χ2v) is 4.91. The lowest BCUT2D eigenvalue weighted by Crippen LogP contribution is -2.13. The molecule has 0 heterocycles. The van der Waals surface area contributed by atoms with Crippen molar-refractivity contribution in [3.63, 3.8) is 0 Å². The van der Waals surface area contributed by atoms with Gasteiger partial charge in [0.1, 0.15) is 5.82 Å². The number of hydrogen-bond donors (Lipinski definition) is 2. The van der Waals surface area contributed by atoms with Crippen LogP contribution < -0.4 is 10.6 Å². The van der Waals surface area contributed by atoms with E-state index in [0.29, 0.717) is 18.5 Å². The summed E-state index contributed by atoms with van der Waals surface area (Å²) in [5.74, 6) is -1.08. The summed E-state index contributed by atoms with van der Waals surface area (Å²) >= 11 is 0. The molecule has 0 fully saturated rings. The highest BCUT2D eigenvalue weighted by Gasteiger charge is 2.08. The highest BCUT2D eigenvalue weighted by Crippen LogP contribution is 2.20. The van der Waals surface area contributed by atoms with Gasteiger partial charge in [0.25, 0.3) is 0 Å². The molecule has 0 atom stereocenters. The SMILES string of the molecule is CC(=O)Nc1cc(NC(=O)CCc2ccccc2)ccc1F. The number of hydrogen-bond acceptors (Lipinski definition) is 2. The minimum atomic E-state index is -0.544. The fourth-order valence-electron chi connectivity index (χ4n) is 2.01. The van der Waals surface area contributed by atoms with Crippen LogP contribution >= 0.6 is 0 Å². The molecule has 0 aromatic heterocycles. The minimum absolute atomic E-state index is 0.0494. The Balaban J connectivity index is 1.95. The van der Waals surface area contributed by atoms with Gasteiger partial charge < -0.3 is 10.6 Å². The number of amides is 2. The minimum Gasteiger partial charge on any atom is -0.326 e. The summed E-state index contributed by atoms with van der Waals surface area (Å²) in [5.41, 5.74) is 1.58. The highest BCUT2D eigenvalue weighted by atomic mass is 19.1. The number of anilines is 2. The van der Waals surface area contributed by atoms with E-state index >= 15 is 0 Å². The van der Waals surface area contributed by atoms with Crippen LogP contribution in [0.5, 0.6) is 0 Å². The predicted molar refractivity (Wildman–Crippen MR) is 84.1 cm³/mol. The first kappa shape index (κ1) is 15.7. The Kier molecular flexibility index (Phi) is 5.25. The zero-order chi connectivity index (χ0) is 15.9. The summed E-state index contributed by atoms with van der Waals surface area (Å²) < 4.78 is 13.5. The summed E-state index contributed by atoms with van der Waals surface area (Å²) in [6.07, 6.45) is 0.962. The molecule has 0 bridgehead atoms. The van der Waals surface area contributed by atoms with Crippen LogP contribution in [0.1, 0.15) is 18.9 Å². The predicted octanol–water partition coefficient (Wildman–Crippen LogP) is 3.36. The molecule has 0 spiro atoms. The Labute approximate surface area is 128 Å². The van der Waals surface area contributed by atoms with Gasteiger partial charge in [-0.3, -0.25) is 9.59 Å². The van der Waals surface area contributed by atoms with Gasteiger partial charge >= 0.3 is 0 Å². The number of nitrogens with one attached hydrogen (secondary N) is 2. The van der Waals surface area contributed by atoms with E-state index in [1.807, 2.05) is 30.3 Å². The van der Waals surface area contributed by atoms with E-state index < -0.39 is 5.82 Å². The molecule has 0 saturated heterocycles. The normalized spacial score (nSPS) is 10.1. The Hall–Kier alpha value is -2.69. The average Bonchev–Trinajstić information content (AvgIpc) is 2.49. The molecule has 2 aromatic carbocycles. The molecule has 0 saturated carbocycles. The van der Waals surface area contributed by atoms with Gasteiger partial charge in [-0.15, -0.1) is 0 Å². The van der Waals surface area contributed by atoms with E-state index in [4.69, 9.17) is 0 Å². The first-order valence-corrected chi connectivity index (χ1v) is 6.95. The molecular formula is C17H17FN2O2. The van der Waals surface area contributed by atoms with Gasteiger partial charge in [0.05, 0.1) is 5.69 Å². The van der Waals surface area contributed by atoms with Crippen molar-refractivity contribution in [2.24, 2.45) is 0 Å². The van der Waals surface area contributed by atoms with Crippen LogP contribution in [-0.2, 0) is 16.0 Å². The maximum atomic E-state index is 13.5. The third-order valence-electron chi connectivity index (χ3n) is 3.04.